The summed E-state index contributed by atoms with van der Waals surface area (Å²) in [6, 6.07) is 0.0405. The van der Waals surface area contributed by atoms with Crippen molar-refractivity contribution in [3.63, 3.8) is 0 Å². The van der Waals surface area contributed by atoms with E-state index in [0.717, 1.165) is 37.3 Å². The Kier molecular flexibility index (Phi) is 6.04. The van der Waals surface area contributed by atoms with Crippen LogP contribution in [-0.4, -0.2) is 54.0 Å². The van der Waals surface area contributed by atoms with Crippen LogP contribution in [-0.2, 0) is 16.6 Å². The Hall–Kier alpha value is -1.68. The van der Waals surface area contributed by atoms with Gasteiger partial charge in [0, 0.05) is 18.6 Å². The number of aromatic nitrogens is 3. The van der Waals surface area contributed by atoms with E-state index in [9.17, 15) is 8.42 Å². The highest BCUT2D eigenvalue weighted by Crippen LogP contribution is 2.22. The van der Waals surface area contributed by atoms with Crippen LogP contribution in [0.25, 0.3) is 0 Å². The van der Waals surface area contributed by atoms with Gasteiger partial charge in [0.1, 0.15) is 11.6 Å². The highest BCUT2D eigenvalue weighted by atomic mass is 32.2. The Bertz CT molecular complexity index is 724. The molecular weight excluding hydrogens is 342 g/mol. The lowest BCUT2D eigenvalue weighted by molar-refractivity contribution is 0.396. The summed E-state index contributed by atoms with van der Waals surface area (Å²) >= 11 is 0. The topological polar surface area (TPSA) is 113 Å². The number of rotatable bonds is 6. The molecule has 25 heavy (non-hydrogen) atoms. The normalized spacial score (nSPS) is 18.8. The summed E-state index contributed by atoms with van der Waals surface area (Å²) in [4.78, 5) is 9.07. The average Bonchev–Trinajstić information content (AvgIpc) is 2.84. The van der Waals surface area contributed by atoms with Gasteiger partial charge in [0.05, 0.1) is 18.8 Å². The van der Waals surface area contributed by atoms with Crippen LogP contribution in [0.4, 0.5) is 0 Å². The van der Waals surface area contributed by atoms with Crippen molar-refractivity contribution in [1.29, 1.82) is 0 Å². The quantitative estimate of drug-likeness (QED) is 0.490. The summed E-state index contributed by atoms with van der Waals surface area (Å²) in [5.74, 6) is 2.33. The molecule has 0 radical (unpaired) electrons. The fraction of sp³-hybridized carbons (Fsp3) is 0.800. The second-order valence-corrected chi connectivity index (χ2v) is 8.78. The molecule has 2 rings (SSSR count). The van der Waals surface area contributed by atoms with Crippen molar-refractivity contribution in [3.05, 3.63) is 11.6 Å². The van der Waals surface area contributed by atoms with Crippen LogP contribution in [0, 0.1) is 6.92 Å². The van der Waals surface area contributed by atoms with E-state index in [2.05, 4.69) is 30.4 Å². The van der Waals surface area contributed by atoms with Gasteiger partial charge in [-0.1, -0.05) is 0 Å². The first-order valence-electron chi connectivity index (χ1n) is 8.55. The van der Waals surface area contributed by atoms with E-state index in [1.807, 2.05) is 32.4 Å². The zero-order valence-corrected chi connectivity index (χ0v) is 16.4. The van der Waals surface area contributed by atoms with Crippen molar-refractivity contribution >= 4 is 16.0 Å². The monoisotopic (exact) mass is 371 g/mol. The molecule has 0 saturated carbocycles. The van der Waals surface area contributed by atoms with Crippen LogP contribution >= 0.6 is 0 Å². The van der Waals surface area contributed by atoms with Crippen LogP contribution in [0.5, 0.6) is 0 Å². The molecule has 1 aromatic rings. The van der Waals surface area contributed by atoms with Gasteiger partial charge in [-0.2, -0.15) is 5.10 Å². The van der Waals surface area contributed by atoms with E-state index in [4.69, 9.17) is 0 Å². The Morgan fingerprint density at radius 1 is 1.44 bits per heavy atom. The number of guanidine groups is 1. The number of fused-ring (bicyclic) bond motifs is 1. The molecule has 0 spiro atoms. The summed E-state index contributed by atoms with van der Waals surface area (Å²) in [6.45, 7) is 9.40. The van der Waals surface area contributed by atoms with Crippen molar-refractivity contribution in [2.24, 2.45) is 4.99 Å². The van der Waals surface area contributed by atoms with E-state index in [1.165, 1.54) is 0 Å². The number of aliphatic imine (C=N–C) groups is 1. The molecule has 0 aromatic carbocycles. The summed E-state index contributed by atoms with van der Waals surface area (Å²) < 4.78 is 27.5. The highest BCUT2D eigenvalue weighted by Gasteiger charge is 2.25. The maximum Gasteiger partial charge on any atom is 0.209 e. The fourth-order valence-electron chi connectivity index (χ4n) is 2.90. The predicted molar refractivity (Wildman–Crippen MR) is 97.9 cm³/mol. The van der Waals surface area contributed by atoms with Crippen LogP contribution in [0.3, 0.4) is 0 Å². The van der Waals surface area contributed by atoms with Crippen molar-refractivity contribution in [1.82, 2.24) is 30.1 Å². The molecule has 142 valence electrons. The largest absolute Gasteiger partial charge is 0.357 e. The summed E-state index contributed by atoms with van der Waals surface area (Å²) in [5, 5.41) is 11.0. The lowest BCUT2D eigenvalue weighted by Crippen LogP contribution is -2.47. The van der Waals surface area contributed by atoms with E-state index < -0.39 is 15.6 Å². The van der Waals surface area contributed by atoms with E-state index in [1.54, 1.807) is 0 Å². The Morgan fingerprint density at radius 3 is 2.80 bits per heavy atom. The summed E-state index contributed by atoms with van der Waals surface area (Å²) in [5.41, 5.74) is -0.668. The van der Waals surface area contributed by atoms with Gasteiger partial charge in [-0.3, -0.25) is 4.99 Å². The lowest BCUT2D eigenvalue weighted by atomic mass is 10.1. The number of nitrogens with zero attached hydrogens (tertiary/aromatic N) is 4. The SMILES string of the molecule is CCNC(=NCC(C)(C)NS(C)(=O)=O)NC1CCCn2nc(C)nc21. The molecule has 10 heteroatoms. The van der Waals surface area contributed by atoms with Gasteiger partial charge in [-0.25, -0.2) is 22.8 Å². The standard InChI is InChI=1S/C15H29N7O2S/c1-6-16-14(17-10-15(3,4)21-25(5,23)24)19-12-8-7-9-22-13(12)18-11(2)20-22/h12,21H,6-10H2,1-5H3,(H2,16,17,19). The molecule has 1 unspecified atom stereocenters. The number of aryl methyl sites for hydroxylation is 2. The average molecular weight is 372 g/mol. The Balaban J connectivity index is 2.11. The first kappa shape index (κ1) is 19.6. The molecule has 9 nitrogen and oxygen atoms in total. The highest BCUT2D eigenvalue weighted by molar-refractivity contribution is 7.88. The van der Waals surface area contributed by atoms with E-state index >= 15 is 0 Å². The van der Waals surface area contributed by atoms with Crippen LogP contribution < -0.4 is 15.4 Å². The molecule has 1 atom stereocenters. The predicted octanol–water partition coefficient (Wildman–Crippen LogP) is 0.304. The Labute approximate surface area is 149 Å². The molecule has 0 aliphatic carbocycles. The van der Waals surface area contributed by atoms with Crippen LogP contribution in [0.2, 0.25) is 0 Å². The molecule has 1 aliphatic heterocycles. The van der Waals surface area contributed by atoms with Gasteiger partial charge in [0.15, 0.2) is 5.96 Å². The smallest absolute Gasteiger partial charge is 0.209 e. The summed E-state index contributed by atoms with van der Waals surface area (Å²) in [7, 11) is -3.29. The molecule has 0 bridgehead atoms. The molecule has 0 fully saturated rings. The van der Waals surface area contributed by atoms with Crippen LogP contribution in [0.15, 0.2) is 4.99 Å². The maximum atomic E-state index is 11.5. The second-order valence-electron chi connectivity index (χ2n) is 7.03. The van der Waals surface area contributed by atoms with Gasteiger partial charge in [-0.05, 0) is 40.5 Å². The lowest BCUT2D eigenvalue weighted by Gasteiger charge is -2.26. The number of hydrogen-bond acceptors (Lipinski definition) is 5. The van der Waals surface area contributed by atoms with Gasteiger partial charge in [0.2, 0.25) is 10.0 Å². The Morgan fingerprint density at radius 2 is 2.16 bits per heavy atom. The molecule has 0 saturated heterocycles. The van der Waals surface area contributed by atoms with E-state index in [-0.39, 0.29) is 6.04 Å². The summed E-state index contributed by atoms with van der Waals surface area (Å²) in [6.07, 6.45) is 3.13. The van der Waals surface area contributed by atoms with Crippen molar-refractivity contribution < 1.29 is 8.42 Å². The first-order chi connectivity index (χ1) is 11.6. The molecule has 2 heterocycles. The van der Waals surface area contributed by atoms with Gasteiger partial charge >= 0.3 is 0 Å². The van der Waals surface area contributed by atoms with Gasteiger partial charge in [0.25, 0.3) is 0 Å². The zero-order valence-electron chi connectivity index (χ0n) is 15.6. The molecule has 1 aromatic heterocycles. The minimum absolute atomic E-state index is 0.0405. The fourth-order valence-corrected chi connectivity index (χ4v) is 3.97. The van der Waals surface area contributed by atoms with Gasteiger partial charge in [-0.15, -0.1) is 0 Å². The number of nitrogens with one attached hydrogen (secondary N) is 3. The van der Waals surface area contributed by atoms with Gasteiger partial charge < -0.3 is 10.6 Å². The second kappa shape index (κ2) is 7.69. The van der Waals surface area contributed by atoms with Crippen molar-refractivity contribution in [2.75, 3.05) is 19.3 Å². The minimum Gasteiger partial charge on any atom is -0.357 e. The number of hydrogen-bond donors (Lipinski definition) is 3. The third-order valence-corrected chi connectivity index (χ3v) is 4.65. The molecule has 3 N–H and O–H groups in total. The molecule has 0 amide bonds. The first-order valence-corrected chi connectivity index (χ1v) is 10.4. The van der Waals surface area contributed by atoms with E-state index in [0.29, 0.717) is 19.0 Å². The number of sulfonamides is 1. The van der Waals surface area contributed by atoms with Crippen LogP contribution in [0.1, 0.15) is 51.3 Å². The zero-order chi connectivity index (χ0) is 18.7. The third-order valence-electron chi connectivity index (χ3n) is 3.73. The van der Waals surface area contributed by atoms with Crippen molar-refractivity contribution in [2.45, 2.75) is 58.7 Å². The molecular formula is C15H29N7O2S. The molecule has 1 aliphatic rings. The van der Waals surface area contributed by atoms with Crippen molar-refractivity contribution in [3.8, 4) is 0 Å². The minimum atomic E-state index is -3.29. The maximum absolute atomic E-state index is 11.5. The third kappa shape index (κ3) is 5.96.